The number of pyridine rings is 1. The minimum Gasteiger partial charge on any atom is -0.384 e. The largest absolute Gasteiger partial charge is 0.384 e. The van der Waals surface area contributed by atoms with E-state index in [9.17, 15) is 4.79 Å². The van der Waals surface area contributed by atoms with E-state index in [-0.39, 0.29) is 11.5 Å². The van der Waals surface area contributed by atoms with Gasteiger partial charge in [0.15, 0.2) is 0 Å². The molecule has 5 rings (SSSR count). The quantitative estimate of drug-likeness (QED) is 0.658. The third kappa shape index (κ3) is 3.60. The van der Waals surface area contributed by atoms with Gasteiger partial charge in [0, 0.05) is 42.0 Å². The summed E-state index contributed by atoms with van der Waals surface area (Å²) < 4.78 is 15.2. The summed E-state index contributed by atoms with van der Waals surface area (Å²) in [6.07, 6.45) is 4.89. The van der Waals surface area contributed by atoms with Crippen LogP contribution < -0.4 is 11.1 Å². The van der Waals surface area contributed by atoms with Crippen molar-refractivity contribution >= 4 is 11.7 Å². The van der Waals surface area contributed by atoms with Crippen LogP contribution in [0, 0.1) is 11.7 Å². The number of aryl methyl sites for hydroxylation is 1. The SMILES string of the molecule is CCc1ncnc(-c2ccc(C(=O)N3C[C@@H]4CCN[C@@H]4C3)c(F)c2)c1-c1ccc(N)nc1. The molecule has 164 valence electrons. The molecule has 2 aliphatic rings. The molecule has 0 spiro atoms. The van der Waals surface area contributed by atoms with Crippen LogP contribution in [-0.4, -0.2) is 51.4 Å². The van der Waals surface area contributed by atoms with E-state index in [1.807, 2.05) is 13.0 Å². The highest BCUT2D eigenvalue weighted by atomic mass is 19.1. The van der Waals surface area contributed by atoms with Crippen LogP contribution in [0.5, 0.6) is 0 Å². The average molecular weight is 433 g/mol. The van der Waals surface area contributed by atoms with Crippen molar-refractivity contribution in [2.24, 2.45) is 5.92 Å². The first-order chi connectivity index (χ1) is 15.5. The van der Waals surface area contributed by atoms with Crippen molar-refractivity contribution in [1.82, 2.24) is 25.2 Å². The fourth-order valence-corrected chi connectivity index (χ4v) is 4.79. The molecule has 2 fully saturated rings. The van der Waals surface area contributed by atoms with E-state index < -0.39 is 5.82 Å². The second-order valence-corrected chi connectivity index (χ2v) is 8.38. The van der Waals surface area contributed by atoms with Gasteiger partial charge in [-0.2, -0.15) is 0 Å². The number of aromatic nitrogens is 3. The molecular formula is C24H25FN6O. The Balaban J connectivity index is 1.49. The minimum atomic E-state index is -0.546. The van der Waals surface area contributed by atoms with Gasteiger partial charge >= 0.3 is 0 Å². The van der Waals surface area contributed by atoms with Gasteiger partial charge in [-0.25, -0.2) is 19.3 Å². The summed E-state index contributed by atoms with van der Waals surface area (Å²) in [5, 5.41) is 3.42. The molecule has 2 saturated heterocycles. The highest BCUT2D eigenvalue weighted by Crippen LogP contribution is 2.34. The number of nitrogen functional groups attached to an aromatic ring is 1. The molecule has 3 N–H and O–H groups in total. The highest BCUT2D eigenvalue weighted by Gasteiger charge is 2.38. The molecular weight excluding hydrogens is 407 g/mol. The van der Waals surface area contributed by atoms with E-state index in [1.54, 1.807) is 29.3 Å². The first-order valence-corrected chi connectivity index (χ1v) is 10.9. The number of likely N-dealkylation sites (tertiary alicyclic amines) is 1. The molecule has 0 unspecified atom stereocenters. The summed E-state index contributed by atoms with van der Waals surface area (Å²) in [5.41, 5.74) is 9.45. The molecule has 1 amide bonds. The fourth-order valence-electron chi connectivity index (χ4n) is 4.79. The first kappa shape index (κ1) is 20.5. The molecule has 2 atom stereocenters. The maximum atomic E-state index is 15.2. The average Bonchev–Trinajstić information content (AvgIpc) is 3.41. The summed E-state index contributed by atoms with van der Waals surface area (Å²) in [7, 11) is 0. The topological polar surface area (TPSA) is 97.0 Å². The number of benzene rings is 1. The molecule has 0 saturated carbocycles. The van der Waals surface area contributed by atoms with E-state index in [0.717, 1.165) is 29.8 Å². The zero-order chi connectivity index (χ0) is 22.2. The van der Waals surface area contributed by atoms with Gasteiger partial charge in [0.25, 0.3) is 5.91 Å². The van der Waals surface area contributed by atoms with Crippen molar-refractivity contribution in [2.75, 3.05) is 25.4 Å². The lowest BCUT2D eigenvalue weighted by molar-refractivity contribution is 0.0778. The van der Waals surface area contributed by atoms with Crippen LogP contribution in [0.25, 0.3) is 22.4 Å². The summed E-state index contributed by atoms with van der Waals surface area (Å²) in [6, 6.07) is 8.60. The van der Waals surface area contributed by atoms with Crippen molar-refractivity contribution in [3.8, 4) is 22.4 Å². The van der Waals surface area contributed by atoms with Crippen LogP contribution in [0.4, 0.5) is 10.2 Å². The Bertz CT molecular complexity index is 1150. The molecule has 0 radical (unpaired) electrons. The molecule has 0 bridgehead atoms. The number of anilines is 1. The normalized spacial score (nSPS) is 19.9. The fraction of sp³-hybridized carbons (Fsp3) is 0.333. The van der Waals surface area contributed by atoms with Gasteiger partial charge < -0.3 is 16.0 Å². The minimum absolute atomic E-state index is 0.0918. The summed E-state index contributed by atoms with van der Waals surface area (Å²) in [5.74, 6) is 0.0758. The Hall–Kier alpha value is -3.39. The molecule has 8 heteroatoms. The third-order valence-electron chi connectivity index (χ3n) is 6.46. The lowest BCUT2D eigenvalue weighted by Crippen LogP contribution is -2.34. The number of amides is 1. The van der Waals surface area contributed by atoms with Gasteiger partial charge in [0.1, 0.15) is 18.0 Å². The summed E-state index contributed by atoms with van der Waals surface area (Å²) in [4.78, 5) is 27.8. The van der Waals surface area contributed by atoms with Gasteiger partial charge in [0.05, 0.1) is 17.0 Å². The Morgan fingerprint density at radius 1 is 1.19 bits per heavy atom. The van der Waals surface area contributed by atoms with E-state index >= 15 is 4.39 Å². The standard InChI is InChI=1S/C24H25FN6O/c1-2-19-22(15-4-6-21(26)28-10-15)23(30-13-29-19)14-3-5-17(18(25)9-14)24(32)31-11-16-7-8-27-20(16)12-31/h3-6,9-10,13,16,20,27H,2,7-8,11-12H2,1H3,(H2,26,28)/t16-,20+/m0/s1. The van der Waals surface area contributed by atoms with Crippen molar-refractivity contribution in [1.29, 1.82) is 0 Å². The smallest absolute Gasteiger partial charge is 0.256 e. The van der Waals surface area contributed by atoms with Gasteiger partial charge in [-0.3, -0.25) is 4.79 Å². The summed E-state index contributed by atoms with van der Waals surface area (Å²) >= 11 is 0. The Morgan fingerprint density at radius 3 is 2.75 bits per heavy atom. The van der Waals surface area contributed by atoms with Crippen molar-refractivity contribution < 1.29 is 9.18 Å². The number of nitrogens with two attached hydrogens (primary N) is 1. The molecule has 4 heterocycles. The Labute approximate surface area is 185 Å². The number of nitrogens with one attached hydrogen (secondary N) is 1. The highest BCUT2D eigenvalue weighted by molar-refractivity contribution is 5.95. The van der Waals surface area contributed by atoms with Gasteiger partial charge in [-0.15, -0.1) is 0 Å². The lowest BCUT2D eigenvalue weighted by atomic mass is 9.97. The number of carbonyl (C=O) groups is 1. The molecule has 0 aliphatic carbocycles. The maximum Gasteiger partial charge on any atom is 0.256 e. The molecule has 1 aromatic carbocycles. The zero-order valence-electron chi connectivity index (χ0n) is 17.9. The first-order valence-electron chi connectivity index (χ1n) is 10.9. The maximum absolute atomic E-state index is 15.2. The third-order valence-corrected chi connectivity index (χ3v) is 6.46. The molecule has 2 aromatic heterocycles. The van der Waals surface area contributed by atoms with E-state index in [0.29, 0.717) is 48.5 Å². The van der Waals surface area contributed by atoms with Crippen LogP contribution in [-0.2, 0) is 6.42 Å². The number of rotatable bonds is 4. The number of halogens is 1. The van der Waals surface area contributed by atoms with Crippen molar-refractivity contribution in [3.05, 3.63) is 59.9 Å². The van der Waals surface area contributed by atoms with E-state index in [4.69, 9.17) is 5.73 Å². The van der Waals surface area contributed by atoms with Crippen LogP contribution in [0.15, 0.2) is 42.9 Å². The van der Waals surface area contributed by atoms with Crippen LogP contribution >= 0.6 is 0 Å². The van der Waals surface area contributed by atoms with Crippen LogP contribution in [0.3, 0.4) is 0 Å². The van der Waals surface area contributed by atoms with Gasteiger partial charge in [-0.1, -0.05) is 13.0 Å². The number of nitrogens with zero attached hydrogens (tertiary/aromatic N) is 4. The van der Waals surface area contributed by atoms with Crippen molar-refractivity contribution in [3.63, 3.8) is 0 Å². The zero-order valence-corrected chi connectivity index (χ0v) is 17.9. The van der Waals surface area contributed by atoms with E-state index in [2.05, 4.69) is 20.3 Å². The Morgan fingerprint density at radius 2 is 2.03 bits per heavy atom. The van der Waals surface area contributed by atoms with Gasteiger partial charge in [0.2, 0.25) is 0 Å². The second-order valence-electron chi connectivity index (χ2n) is 8.38. The van der Waals surface area contributed by atoms with Crippen molar-refractivity contribution in [2.45, 2.75) is 25.8 Å². The molecule has 32 heavy (non-hydrogen) atoms. The summed E-state index contributed by atoms with van der Waals surface area (Å²) in [6.45, 7) is 4.30. The predicted octanol–water partition coefficient (Wildman–Crippen LogP) is 2.92. The van der Waals surface area contributed by atoms with Crippen LogP contribution in [0.2, 0.25) is 0 Å². The number of hydrogen-bond acceptors (Lipinski definition) is 6. The predicted molar refractivity (Wildman–Crippen MR) is 120 cm³/mol. The number of fused-ring (bicyclic) bond motifs is 1. The molecule has 3 aromatic rings. The number of carbonyl (C=O) groups excluding carboxylic acids is 1. The van der Waals surface area contributed by atoms with Gasteiger partial charge in [-0.05, 0) is 49.6 Å². The second kappa shape index (κ2) is 8.27. The lowest BCUT2D eigenvalue weighted by Gasteiger charge is -2.18. The Kier molecular flexibility index (Phi) is 5.30. The molecule has 2 aliphatic heterocycles. The molecule has 7 nitrogen and oxygen atoms in total. The number of hydrogen-bond donors (Lipinski definition) is 2. The van der Waals surface area contributed by atoms with Crippen LogP contribution in [0.1, 0.15) is 29.4 Å². The monoisotopic (exact) mass is 432 g/mol. The van der Waals surface area contributed by atoms with E-state index in [1.165, 1.54) is 12.4 Å².